The van der Waals surface area contributed by atoms with Crippen LogP contribution in [0.3, 0.4) is 0 Å². The SMILES string of the molecule is Clc1c[nH]c2ncc(-c3cc4n(n3)CCC43CCN(CC4CCCCC4)CC3)cc12. The Hall–Kier alpha value is -1.85. The molecular formula is C24H30ClN5. The van der Waals surface area contributed by atoms with Gasteiger partial charge in [-0.2, -0.15) is 5.10 Å². The summed E-state index contributed by atoms with van der Waals surface area (Å²) in [5.74, 6) is 0.941. The van der Waals surface area contributed by atoms with Gasteiger partial charge in [0.05, 0.1) is 10.7 Å². The summed E-state index contributed by atoms with van der Waals surface area (Å²) in [7, 11) is 0. The van der Waals surface area contributed by atoms with Gasteiger partial charge in [0.2, 0.25) is 0 Å². The van der Waals surface area contributed by atoms with E-state index in [1.807, 2.05) is 6.20 Å². The molecule has 0 amide bonds. The molecule has 0 radical (unpaired) electrons. The van der Waals surface area contributed by atoms with Crippen molar-refractivity contribution in [1.29, 1.82) is 0 Å². The number of pyridine rings is 1. The van der Waals surface area contributed by atoms with E-state index in [0.717, 1.165) is 34.8 Å². The molecule has 6 heteroatoms. The Bertz CT molecular complexity index is 1050. The molecule has 30 heavy (non-hydrogen) atoms. The number of aromatic nitrogens is 4. The highest BCUT2D eigenvalue weighted by molar-refractivity contribution is 6.35. The molecule has 2 fully saturated rings. The minimum absolute atomic E-state index is 0.317. The van der Waals surface area contributed by atoms with Gasteiger partial charge in [-0.15, -0.1) is 0 Å². The molecule has 0 atom stereocenters. The van der Waals surface area contributed by atoms with E-state index in [1.54, 1.807) is 6.20 Å². The average molecular weight is 424 g/mol. The van der Waals surface area contributed by atoms with Crippen LogP contribution in [0.2, 0.25) is 5.02 Å². The van der Waals surface area contributed by atoms with Gasteiger partial charge in [0.25, 0.3) is 0 Å². The largest absolute Gasteiger partial charge is 0.345 e. The Morgan fingerprint density at radius 1 is 1.07 bits per heavy atom. The van der Waals surface area contributed by atoms with Crippen LogP contribution in [-0.4, -0.2) is 44.3 Å². The smallest absolute Gasteiger partial charge is 0.138 e. The summed E-state index contributed by atoms with van der Waals surface area (Å²) in [5.41, 5.74) is 4.67. The van der Waals surface area contributed by atoms with E-state index in [1.165, 1.54) is 76.7 Å². The molecule has 3 aliphatic rings. The molecule has 5 nitrogen and oxygen atoms in total. The van der Waals surface area contributed by atoms with E-state index >= 15 is 0 Å². The summed E-state index contributed by atoms with van der Waals surface area (Å²) in [6.07, 6.45) is 14.7. The zero-order chi connectivity index (χ0) is 20.1. The third kappa shape index (κ3) is 3.18. The van der Waals surface area contributed by atoms with E-state index in [4.69, 9.17) is 16.7 Å². The first kappa shape index (κ1) is 18.9. The average Bonchev–Trinajstić information content (AvgIpc) is 3.46. The third-order valence-electron chi connectivity index (χ3n) is 7.96. The second kappa shape index (κ2) is 7.38. The summed E-state index contributed by atoms with van der Waals surface area (Å²) in [4.78, 5) is 10.4. The maximum absolute atomic E-state index is 6.31. The van der Waals surface area contributed by atoms with Crippen LogP contribution in [-0.2, 0) is 12.0 Å². The predicted molar refractivity (Wildman–Crippen MR) is 121 cm³/mol. The molecule has 1 N–H and O–H groups in total. The molecule has 0 aromatic carbocycles. The van der Waals surface area contributed by atoms with Crippen LogP contribution in [0.5, 0.6) is 0 Å². The van der Waals surface area contributed by atoms with Crippen LogP contribution < -0.4 is 0 Å². The summed E-state index contributed by atoms with van der Waals surface area (Å²) in [6.45, 7) is 4.84. The molecule has 3 aromatic rings. The number of H-pyrrole nitrogens is 1. The Kier molecular flexibility index (Phi) is 4.65. The maximum Gasteiger partial charge on any atom is 0.138 e. The topological polar surface area (TPSA) is 49.7 Å². The highest BCUT2D eigenvalue weighted by Crippen LogP contribution is 2.45. The van der Waals surface area contributed by atoms with Gasteiger partial charge in [-0.3, -0.25) is 4.68 Å². The van der Waals surface area contributed by atoms with Crippen LogP contribution in [0.4, 0.5) is 0 Å². The summed E-state index contributed by atoms with van der Waals surface area (Å²) < 4.78 is 2.26. The minimum Gasteiger partial charge on any atom is -0.345 e. The number of likely N-dealkylation sites (tertiary alicyclic amines) is 1. The number of fused-ring (bicyclic) bond motifs is 3. The molecule has 6 rings (SSSR count). The fourth-order valence-electron chi connectivity index (χ4n) is 6.12. The number of piperidine rings is 1. The van der Waals surface area contributed by atoms with Crippen molar-refractivity contribution >= 4 is 22.6 Å². The van der Waals surface area contributed by atoms with Crippen LogP contribution in [0.25, 0.3) is 22.3 Å². The van der Waals surface area contributed by atoms with Gasteiger partial charge in [0, 0.05) is 47.5 Å². The van der Waals surface area contributed by atoms with Crippen molar-refractivity contribution in [1.82, 2.24) is 24.6 Å². The van der Waals surface area contributed by atoms with E-state index in [0.29, 0.717) is 10.4 Å². The molecule has 1 saturated carbocycles. The second-order valence-electron chi connectivity index (χ2n) is 9.73. The van der Waals surface area contributed by atoms with E-state index in [9.17, 15) is 0 Å². The van der Waals surface area contributed by atoms with Gasteiger partial charge in [0.1, 0.15) is 5.65 Å². The normalized spacial score (nSPS) is 22.2. The fourth-order valence-corrected chi connectivity index (χ4v) is 6.32. The van der Waals surface area contributed by atoms with Crippen LogP contribution >= 0.6 is 11.6 Å². The first-order chi connectivity index (χ1) is 14.7. The third-order valence-corrected chi connectivity index (χ3v) is 8.27. The van der Waals surface area contributed by atoms with Crippen molar-refractivity contribution in [2.24, 2.45) is 5.92 Å². The number of rotatable bonds is 3. The quantitative estimate of drug-likeness (QED) is 0.613. The molecule has 2 aliphatic heterocycles. The zero-order valence-electron chi connectivity index (χ0n) is 17.5. The van der Waals surface area contributed by atoms with Crippen LogP contribution in [0.15, 0.2) is 24.5 Å². The molecule has 1 aliphatic carbocycles. The number of nitrogens with zero attached hydrogens (tertiary/aromatic N) is 4. The first-order valence-corrected chi connectivity index (χ1v) is 12.0. The fraction of sp³-hybridized carbons (Fsp3) is 0.583. The number of aryl methyl sites for hydroxylation is 1. The molecule has 0 unspecified atom stereocenters. The molecule has 158 valence electrons. The van der Waals surface area contributed by atoms with E-state index in [2.05, 4.69) is 31.7 Å². The molecular weight excluding hydrogens is 394 g/mol. The second-order valence-corrected chi connectivity index (χ2v) is 10.1. The lowest BCUT2D eigenvalue weighted by Gasteiger charge is -2.40. The highest BCUT2D eigenvalue weighted by atomic mass is 35.5. The number of hydrogen-bond acceptors (Lipinski definition) is 3. The number of halogens is 1. The Labute approximate surface area is 182 Å². The number of hydrogen-bond donors (Lipinski definition) is 1. The maximum atomic E-state index is 6.31. The lowest BCUT2D eigenvalue weighted by molar-refractivity contribution is 0.128. The summed E-state index contributed by atoms with van der Waals surface area (Å²) in [6, 6.07) is 4.44. The molecule has 0 bridgehead atoms. The van der Waals surface area contributed by atoms with Crippen molar-refractivity contribution in [3.63, 3.8) is 0 Å². The van der Waals surface area contributed by atoms with Crippen molar-refractivity contribution in [3.8, 4) is 11.3 Å². The van der Waals surface area contributed by atoms with E-state index in [-0.39, 0.29) is 0 Å². The number of nitrogens with one attached hydrogen (secondary N) is 1. The predicted octanol–water partition coefficient (Wildman–Crippen LogP) is 5.40. The van der Waals surface area contributed by atoms with Crippen molar-refractivity contribution < 1.29 is 0 Å². The van der Waals surface area contributed by atoms with Crippen molar-refractivity contribution in [3.05, 3.63) is 35.2 Å². The Morgan fingerprint density at radius 2 is 1.87 bits per heavy atom. The molecule has 3 aromatic heterocycles. The van der Waals surface area contributed by atoms with Crippen LogP contribution in [0, 0.1) is 5.92 Å². The van der Waals surface area contributed by atoms with Crippen LogP contribution in [0.1, 0.15) is 57.1 Å². The number of aromatic amines is 1. The standard InChI is InChI=1S/C24H30ClN5/c25-20-15-27-23-19(20)12-18(14-26-23)21-13-22-24(8-11-30(22)28-21)6-9-29(10-7-24)16-17-4-2-1-3-5-17/h12-15,17H,1-11,16H2,(H,26,27). The zero-order valence-corrected chi connectivity index (χ0v) is 18.3. The Morgan fingerprint density at radius 3 is 2.70 bits per heavy atom. The summed E-state index contributed by atoms with van der Waals surface area (Å²) in [5, 5.41) is 6.64. The lowest BCUT2D eigenvalue weighted by atomic mass is 9.74. The van der Waals surface area contributed by atoms with E-state index < -0.39 is 0 Å². The van der Waals surface area contributed by atoms with Gasteiger partial charge in [-0.05, 0) is 63.2 Å². The van der Waals surface area contributed by atoms with Gasteiger partial charge in [-0.1, -0.05) is 30.9 Å². The molecule has 1 spiro atoms. The van der Waals surface area contributed by atoms with Gasteiger partial charge in [-0.25, -0.2) is 4.98 Å². The van der Waals surface area contributed by atoms with Crippen molar-refractivity contribution in [2.75, 3.05) is 19.6 Å². The molecule has 5 heterocycles. The summed E-state index contributed by atoms with van der Waals surface area (Å²) >= 11 is 6.31. The molecule has 1 saturated heterocycles. The lowest BCUT2D eigenvalue weighted by Crippen LogP contribution is -2.43. The van der Waals surface area contributed by atoms with Gasteiger partial charge >= 0.3 is 0 Å². The first-order valence-electron chi connectivity index (χ1n) is 11.6. The monoisotopic (exact) mass is 423 g/mol. The van der Waals surface area contributed by atoms with Gasteiger partial charge < -0.3 is 9.88 Å². The highest BCUT2D eigenvalue weighted by Gasteiger charge is 2.43. The Balaban J connectivity index is 1.20. The minimum atomic E-state index is 0.317. The van der Waals surface area contributed by atoms with Gasteiger partial charge in [0.15, 0.2) is 0 Å². The van der Waals surface area contributed by atoms with Crippen molar-refractivity contribution in [2.45, 2.75) is 63.3 Å².